The number of pyridine rings is 3. The fourth-order valence-electron chi connectivity index (χ4n) is 4.18. The van der Waals surface area contributed by atoms with Crippen molar-refractivity contribution >= 4 is 20.3 Å². The van der Waals surface area contributed by atoms with E-state index in [2.05, 4.69) is 32.3 Å². The number of hydrogen-bond donors (Lipinski definition) is 3. The van der Waals surface area contributed by atoms with Crippen molar-refractivity contribution in [3.05, 3.63) is 127 Å². The molecule has 0 aliphatic heterocycles. The van der Waals surface area contributed by atoms with Crippen LogP contribution in [0.2, 0.25) is 0 Å². The van der Waals surface area contributed by atoms with Gasteiger partial charge in [-0.3, -0.25) is 4.98 Å². The summed E-state index contributed by atoms with van der Waals surface area (Å²) >= 11 is 0. The Morgan fingerprint density at radius 1 is 0.658 bits per heavy atom. The van der Waals surface area contributed by atoms with Crippen molar-refractivity contribution in [2.24, 2.45) is 0 Å². The maximum atomic E-state index is 9.24. The number of benzene rings is 2. The Morgan fingerprint density at radius 3 is 1.71 bits per heavy atom. The van der Waals surface area contributed by atoms with Crippen LogP contribution in [0, 0.1) is 0 Å². The summed E-state index contributed by atoms with van der Waals surface area (Å²) in [5.74, 6) is 0.592. The highest BCUT2D eigenvalue weighted by Crippen LogP contribution is 2.21. The fourth-order valence-corrected chi connectivity index (χ4v) is 4.18. The van der Waals surface area contributed by atoms with Gasteiger partial charge in [0.1, 0.15) is 5.75 Å². The van der Waals surface area contributed by atoms with E-state index in [9.17, 15) is 10.0 Å². The van der Waals surface area contributed by atoms with E-state index in [4.69, 9.17) is 9.68 Å². The quantitative estimate of drug-likeness (QED) is 0.211. The Hall–Kier alpha value is -4.30. The lowest BCUT2D eigenvalue weighted by atomic mass is 9.80. The van der Waals surface area contributed by atoms with Gasteiger partial charge in [-0.25, -0.2) is 9.13 Å². The average Bonchev–Trinajstić information content (AvgIpc) is 2.96. The van der Waals surface area contributed by atoms with Crippen molar-refractivity contribution in [2.75, 3.05) is 0 Å². The van der Waals surface area contributed by atoms with Crippen LogP contribution in [0.25, 0.3) is 22.4 Å². The Bertz CT molecular complexity index is 1460. The first-order valence-corrected chi connectivity index (χ1v) is 12.2. The van der Waals surface area contributed by atoms with Gasteiger partial charge in [0, 0.05) is 52.7 Å². The highest BCUT2D eigenvalue weighted by atomic mass is 16.5. The first kappa shape index (κ1) is 25.4. The van der Waals surface area contributed by atoms with E-state index in [-0.39, 0.29) is 0 Å². The first-order valence-electron chi connectivity index (χ1n) is 12.2. The molecule has 0 saturated carbocycles. The van der Waals surface area contributed by atoms with Gasteiger partial charge in [-0.05, 0) is 41.4 Å². The number of hydrogen-bond acceptors (Lipinski definition) is 5. The molecule has 9 heteroatoms. The topological polar surface area (TPSA) is 90.6 Å². The normalized spacial score (nSPS) is 10.7. The first-order chi connectivity index (χ1) is 18.6. The molecule has 0 aliphatic rings. The molecule has 3 N–H and O–H groups in total. The summed E-state index contributed by atoms with van der Waals surface area (Å²) in [5.41, 5.74) is 6.75. The molecule has 1 radical (unpaired) electrons. The van der Waals surface area contributed by atoms with Gasteiger partial charge in [0.15, 0.2) is 37.9 Å². The van der Waals surface area contributed by atoms with Crippen molar-refractivity contribution in [3.8, 4) is 28.1 Å². The molecule has 2 aromatic carbocycles. The maximum absolute atomic E-state index is 9.24. The average molecular weight is 502 g/mol. The maximum Gasteiger partial charge on any atom is 0.569 e. The molecule has 3 aromatic heterocycles. The van der Waals surface area contributed by atoms with E-state index >= 15 is 0 Å². The minimum absolute atomic E-state index is 0.481. The molecule has 0 unspecified atom stereocenters. The highest BCUT2D eigenvalue weighted by molar-refractivity contribution is 6.58. The second-order valence-corrected chi connectivity index (χ2v) is 8.93. The third-order valence-corrected chi connectivity index (χ3v) is 6.30. The summed E-state index contributed by atoms with van der Waals surface area (Å²) in [5, 5.41) is 27.2. The third kappa shape index (κ3) is 6.33. The van der Waals surface area contributed by atoms with Crippen LogP contribution in [-0.2, 0) is 13.1 Å². The van der Waals surface area contributed by atoms with Crippen LogP contribution in [0.4, 0.5) is 0 Å². The number of nitrogens with zero attached hydrogens (tertiary/aromatic N) is 3. The van der Waals surface area contributed by atoms with Gasteiger partial charge in [-0.2, -0.15) is 0 Å². The van der Waals surface area contributed by atoms with Crippen LogP contribution in [0.1, 0.15) is 11.1 Å². The van der Waals surface area contributed by atoms with Gasteiger partial charge < -0.3 is 19.7 Å². The Labute approximate surface area is 222 Å². The number of aromatic nitrogens is 3. The number of rotatable bonds is 9. The molecule has 0 atom stereocenters. The summed E-state index contributed by atoms with van der Waals surface area (Å²) < 4.78 is 9.12. The minimum atomic E-state index is -1.45. The van der Waals surface area contributed by atoms with Gasteiger partial charge in [0.25, 0.3) is 0 Å². The molecule has 0 saturated heterocycles. The highest BCUT2D eigenvalue weighted by Gasteiger charge is 2.12. The summed E-state index contributed by atoms with van der Waals surface area (Å²) in [4.78, 5) is 4.68. The van der Waals surface area contributed by atoms with Crippen molar-refractivity contribution in [1.29, 1.82) is 0 Å². The summed E-state index contributed by atoms with van der Waals surface area (Å²) in [6.07, 6.45) is 10.0. The lowest BCUT2D eigenvalue weighted by Crippen LogP contribution is -2.34. The molecule has 5 aromatic rings. The van der Waals surface area contributed by atoms with Crippen molar-refractivity contribution in [3.63, 3.8) is 0 Å². The molecule has 0 amide bonds. The van der Waals surface area contributed by atoms with Gasteiger partial charge in [0.05, 0.1) is 5.69 Å². The van der Waals surface area contributed by atoms with Crippen molar-refractivity contribution in [2.45, 2.75) is 13.1 Å². The minimum Gasteiger partial charge on any atom is -0.537 e. The van der Waals surface area contributed by atoms with Crippen LogP contribution < -0.4 is 19.3 Å². The standard InChI is InChI=1S/C29H26B2N3O4/c35-30-38-28-8-3-23(4-9-28)21-33-15-11-24(12-16-33)26-5-10-29(32-19-26)25-13-17-34(18-14-25)20-22-1-6-27(7-2-22)31(36)37/h1-19,35-37H,20-21H2/q+2. The second kappa shape index (κ2) is 11.8. The lowest BCUT2D eigenvalue weighted by Gasteiger charge is -2.05. The largest absolute Gasteiger partial charge is 0.569 e. The van der Waals surface area contributed by atoms with Crippen LogP contribution in [-0.4, -0.2) is 34.9 Å². The molecular formula is C29H26B2N3O4+2. The van der Waals surface area contributed by atoms with Crippen LogP contribution in [0.3, 0.4) is 0 Å². The zero-order chi connectivity index (χ0) is 26.3. The van der Waals surface area contributed by atoms with E-state index in [1.807, 2.05) is 85.6 Å². The molecule has 3 heterocycles. The van der Waals surface area contributed by atoms with Gasteiger partial charge in [-0.15, -0.1) is 0 Å². The van der Waals surface area contributed by atoms with Crippen LogP contribution in [0.5, 0.6) is 5.75 Å². The van der Waals surface area contributed by atoms with Crippen molar-refractivity contribution < 1.29 is 28.9 Å². The zero-order valence-corrected chi connectivity index (χ0v) is 20.6. The van der Waals surface area contributed by atoms with E-state index in [0.29, 0.717) is 25.4 Å². The Morgan fingerprint density at radius 2 is 1.21 bits per heavy atom. The second-order valence-electron chi connectivity index (χ2n) is 8.93. The molecular weight excluding hydrogens is 476 g/mol. The smallest absolute Gasteiger partial charge is 0.537 e. The summed E-state index contributed by atoms with van der Waals surface area (Å²) in [7, 11) is -0.772. The molecule has 5 rings (SSSR count). The molecule has 185 valence electrons. The van der Waals surface area contributed by atoms with Crippen LogP contribution in [0.15, 0.2) is 116 Å². The van der Waals surface area contributed by atoms with Gasteiger partial charge in [-0.1, -0.05) is 30.3 Å². The lowest BCUT2D eigenvalue weighted by molar-refractivity contribution is -0.688. The molecule has 0 spiro atoms. The molecule has 0 aliphatic carbocycles. The van der Waals surface area contributed by atoms with E-state index < -0.39 is 7.12 Å². The van der Waals surface area contributed by atoms with Gasteiger partial charge >= 0.3 is 14.8 Å². The Balaban J connectivity index is 1.21. The van der Waals surface area contributed by atoms with Gasteiger partial charge in [0.2, 0.25) is 0 Å². The van der Waals surface area contributed by atoms with E-state index in [1.165, 1.54) is 0 Å². The molecule has 38 heavy (non-hydrogen) atoms. The fraction of sp³-hybridized carbons (Fsp3) is 0.0690. The van der Waals surface area contributed by atoms with E-state index in [1.54, 1.807) is 12.1 Å². The van der Waals surface area contributed by atoms with Crippen LogP contribution >= 0.6 is 0 Å². The summed E-state index contributed by atoms with van der Waals surface area (Å²) in [6, 6.07) is 27.2. The monoisotopic (exact) mass is 502 g/mol. The SMILES string of the molecule is O[B]Oc1ccc(C[n+]2ccc(-c3ccc(-c4cc[n+](Cc5ccc(B(O)O)cc5)cc4)nc3)cc2)cc1. The summed E-state index contributed by atoms with van der Waals surface area (Å²) in [6.45, 7) is 1.41. The predicted octanol–water partition coefficient (Wildman–Crippen LogP) is 1.67. The predicted molar refractivity (Wildman–Crippen MR) is 145 cm³/mol. The third-order valence-electron chi connectivity index (χ3n) is 6.30. The molecule has 7 nitrogen and oxygen atoms in total. The Kier molecular flexibility index (Phi) is 7.89. The van der Waals surface area contributed by atoms with E-state index in [0.717, 1.165) is 40.1 Å². The molecule has 0 bridgehead atoms. The molecule has 0 fully saturated rings. The van der Waals surface area contributed by atoms with Crippen molar-refractivity contribution in [1.82, 2.24) is 4.98 Å². The zero-order valence-electron chi connectivity index (χ0n) is 20.6.